The molecular weight excluding hydrogens is 394 g/mol. The molecule has 0 bridgehead atoms. The number of nitrogens with zero attached hydrogens (tertiary/aromatic N) is 2. The van der Waals surface area contributed by atoms with E-state index in [9.17, 15) is 18.4 Å². The molecular formula is C21H16F2N4O3. The van der Waals surface area contributed by atoms with Crippen molar-refractivity contribution in [1.29, 1.82) is 0 Å². The van der Waals surface area contributed by atoms with Gasteiger partial charge in [0, 0.05) is 37.5 Å². The zero-order valence-corrected chi connectivity index (χ0v) is 15.8. The number of aromatic nitrogens is 3. The summed E-state index contributed by atoms with van der Waals surface area (Å²) in [5, 5.41) is 2.77. The number of hydrogen-bond acceptors (Lipinski definition) is 4. The molecule has 0 fully saturated rings. The molecule has 2 aromatic carbocycles. The van der Waals surface area contributed by atoms with Gasteiger partial charge < -0.3 is 15.0 Å². The SMILES string of the molecule is Cn1c(=O)[nH]c2cc(C(=O)NCc3ccc(Oc4ccc(F)cc4F)nc3)ccc21. The molecule has 4 aromatic rings. The van der Waals surface area contributed by atoms with Gasteiger partial charge in [-0.15, -0.1) is 0 Å². The van der Waals surface area contributed by atoms with Crippen LogP contribution in [0.2, 0.25) is 0 Å². The Bertz CT molecular complexity index is 1300. The highest BCUT2D eigenvalue weighted by molar-refractivity contribution is 5.97. The largest absolute Gasteiger partial charge is 0.436 e. The molecule has 0 aliphatic rings. The Morgan fingerprint density at radius 1 is 1.17 bits per heavy atom. The van der Waals surface area contributed by atoms with Gasteiger partial charge in [0.05, 0.1) is 11.0 Å². The standard InChI is InChI=1S/C21H16F2N4O3/c1-27-17-5-3-13(8-16(17)26-21(27)29)20(28)25-11-12-2-7-19(24-10-12)30-18-6-4-14(22)9-15(18)23/h2-10H,11H2,1H3,(H,25,28)(H,26,29). The number of H-pyrrole nitrogens is 1. The van der Waals surface area contributed by atoms with Crippen molar-refractivity contribution in [3.05, 3.63) is 88.0 Å². The summed E-state index contributed by atoms with van der Waals surface area (Å²) < 4.78 is 33.3. The van der Waals surface area contributed by atoms with E-state index < -0.39 is 11.6 Å². The van der Waals surface area contributed by atoms with Gasteiger partial charge in [0.25, 0.3) is 5.91 Å². The molecule has 2 aromatic heterocycles. The smallest absolute Gasteiger partial charge is 0.326 e. The predicted molar refractivity (Wildman–Crippen MR) is 105 cm³/mol. The molecule has 9 heteroatoms. The second-order valence-corrected chi connectivity index (χ2v) is 6.59. The number of amides is 1. The lowest BCUT2D eigenvalue weighted by Crippen LogP contribution is -2.22. The fourth-order valence-electron chi connectivity index (χ4n) is 2.91. The maximum atomic E-state index is 13.6. The van der Waals surface area contributed by atoms with Crippen molar-refractivity contribution < 1.29 is 18.3 Å². The van der Waals surface area contributed by atoms with Crippen LogP contribution in [0.4, 0.5) is 8.78 Å². The number of imidazole rings is 1. The highest BCUT2D eigenvalue weighted by Crippen LogP contribution is 2.23. The van der Waals surface area contributed by atoms with Gasteiger partial charge in [0.1, 0.15) is 5.82 Å². The highest BCUT2D eigenvalue weighted by atomic mass is 19.1. The summed E-state index contributed by atoms with van der Waals surface area (Å²) in [6.45, 7) is 0.209. The number of carbonyl (C=O) groups is 1. The molecule has 0 aliphatic carbocycles. The maximum absolute atomic E-state index is 13.6. The molecule has 2 heterocycles. The molecule has 2 N–H and O–H groups in total. The van der Waals surface area contributed by atoms with Crippen LogP contribution in [0.3, 0.4) is 0 Å². The van der Waals surface area contributed by atoms with Crippen molar-refractivity contribution in [2.75, 3.05) is 0 Å². The number of hydrogen-bond donors (Lipinski definition) is 2. The second kappa shape index (κ2) is 7.78. The quantitative estimate of drug-likeness (QED) is 0.529. The van der Waals surface area contributed by atoms with E-state index in [-0.39, 0.29) is 29.8 Å². The molecule has 30 heavy (non-hydrogen) atoms. The Kier molecular flexibility index (Phi) is 5.01. The summed E-state index contributed by atoms with van der Waals surface area (Å²) >= 11 is 0. The van der Waals surface area contributed by atoms with Crippen molar-refractivity contribution in [2.45, 2.75) is 6.54 Å². The van der Waals surface area contributed by atoms with Crippen molar-refractivity contribution in [1.82, 2.24) is 19.9 Å². The molecule has 0 spiro atoms. The van der Waals surface area contributed by atoms with Gasteiger partial charge >= 0.3 is 5.69 Å². The lowest BCUT2D eigenvalue weighted by molar-refractivity contribution is 0.0951. The first kappa shape index (κ1) is 19.3. The molecule has 0 atom stereocenters. The van der Waals surface area contributed by atoms with Gasteiger partial charge in [-0.2, -0.15) is 0 Å². The third kappa shape index (κ3) is 3.90. The normalized spacial score (nSPS) is 10.9. The molecule has 0 saturated carbocycles. The Labute approximate surface area is 168 Å². The van der Waals surface area contributed by atoms with Gasteiger partial charge in [0.15, 0.2) is 11.6 Å². The van der Waals surface area contributed by atoms with Crippen LogP contribution in [-0.2, 0) is 13.6 Å². The number of fused-ring (bicyclic) bond motifs is 1. The third-order valence-electron chi connectivity index (χ3n) is 4.53. The number of rotatable bonds is 5. The Morgan fingerprint density at radius 2 is 2.00 bits per heavy atom. The van der Waals surface area contributed by atoms with E-state index in [1.54, 1.807) is 31.3 Å². The summed E-state index contributed by atoms with van der Waals surface area (Å²) in [7, 11) is 1.64. The number of carbonyl (C=O) groups excluding carboxylic acids is 1. The van der Waals surface area contributed by atoms with Crippen molar-refractivity contribution in [3.63, 3.8) is 0 Å². The molecule has 7 nitrogen and oxygen atoms in total. The number of benzene rings is 2. The highest BCUT2D eigenvalue weighted by Gasteiger charge is 2.10. The number of aromatic amines is 1. The van der Waals surface area contributed by atoms with Crippen molar-refractivity contribution in [3.8, 4) is 11.6 Å². The zero-order valence-electron chi connectivity index (χ0n) is 15.8. The molecule has 0 unspecified atom stereocenters. The summed E-state index contributed by atoms with van der Waals surface area (Å²) in [4.78, 5) is 30.8. The number of nitrogens with one attached hydrogen (secondary N) is 2. The summed E-state index contributed by atoms with van der Waals surface area (Å²) in [5.74, 6) is -1.84. The fraction of sp³-hybridized carbons (Fsp3) is 0.0952. The average molecular weight is 410 g/mol. The first-order chi connectivity index (χ1) is 14.4. The Hall–Kier alpha value is -4.01. The van der Waals surface area contributed by atoms with Gasteiger partial charge in [-0.05, 0) is 35.9 Å². The Morgan fingerprint density at radius 3 is 2.73 bits per heavy atom. The van der Waals surface area contributed by atoms with E-state index in [0.717, 1.165) is 12.1 Å². The summed E-state index contributed by atoms with van der Waals surface area (Å²) in [6.07, 6.45) is 1.48. The van der Waals surface area contributed by atoms with Gasteiger partial charge in [-0.25, -0.2) is 18.6 Å². The number of aryl methyl sites for hydroxylation is 1. The van der Waals surface area contributed by atoms with E-state index in [2.05, 4.69) is 15.3 Å². The van der Waals surface area contributed by atoms with E-state index in [1.807, 2.05) is 0 Å². The molecule has 4 rings (SSSR count). The van der Waals surface area contributed by atoms with E-state index in [1.165, 1.54) is 22.9 Å². The van der Waals surface area contributed by atoms with Crippen LogP contribution < -0.4 is 15.7 Å². The van der Waals surface area contributed by atoms with Gasteiger partial charge in [0.2, 0.25) is 5.88 Å². The van der Waals surface area contributed by atoms with Crippen molar-refractivity contribution >= 4 is 16.9 Å². The van der Waals surface area contributed by atoms with E-state index in [4.69, 9.17) is 4.74 Å². The van der Waals surface area contributed by atoms with Crippen LogP contribution in [0.25, 0.3) is 11.0 Å². The minimum absolute atomic E-state index is 0.133. The third-order valence-corrected chi connectivity index (χ3v) is 4.53. The van der Waals surface area contributed by atoms with Crippen LogP contribution in [0.1, 0.15) is 15.9 Å². The summed E-state index contributed by atoms with van der Waals surface area (Å²) in [5.41, 5.74) is 2.13. The average Bonchev–Trinajstić information content (AvgIpc) is 3.02. The first-order valence-corrected chi connectivity index (χ1v) is 8.95. The Balaban J connectivity index is 1.40. The molecule has 0 radical (unpaired) electrons. The van der Waals surface area contributed by atoms with Crippen LogP contribution >= 0.6 is 0 Å². The minimum atomic E-state index is -0.829. The van der Waals surface area contributed by atoms with Crippen LogP contribution in [-0.4, -0.2) is 20.4 Å². The number of halogens is 2. The fourth-order valence-corrected chi connectivity index (χ4v) is 2.91. The van der Waals surface area contributed by atoms with Gasteiger partial charge in [-0.1, -0.05) is 6.07 Å². The zero-order chi connectivity index (χ0) is 21.3. The van der Waals surface area contributed by atoms with Crippen molar-refractivity contribution in [2.24, 2.45) is 7.05 Å². The van der Waals surface area contributed by atoms with Gasteiger partial charge in [-0.3, -0.25) is 9.36 Å². The predicted octanol–water partition coefficient (Wildman–Crippen LogP) is 3.26. The maximum Gasteiger partial charge on any atom is 0.326 e. The molecule has 0 saturated heterocycles. The number of pyridine rings is 1. The number of ether oxygens (including phenoxy) is 1. The summed E-state index contributed by atoms with van der Waals surface area (Å²) in [6, 6.07) is 11.1. The lowest BCUT2D eigenvalue weighted by atomic mass is 10.2. The van der Waals surface area contributed by atoms with E-state index in [0.29, 0.717) is 22.2 Å². The van der Waals surface area contributed by atoms with Crippen LogP contribution in [0.15, 0.2) is 59.5 Å². The second-order valence-electron chi connectivity index (χ2n) is 6.59. The van der Waals surface area contributed by atoms with Crippen LogP contribution in [0.5, 0.6) is 11.6 Å². The van der Waals surface area contributed by atoms with Crippen LogP contribution in [0, 0.1) is 11.6 Å². The minimum Gasteiger partial charge on any atom is -0.436 e. The first-order valence-electron chi connectivity index (χ1n) is 8.95. The molecule has 0 aliphatic heterocycles. The lowest BCUT2D eigenvalue weighted by Gasteiger charge is -2.08. The monoisotopic (exact) mass is 410 g/mol. The topological polar surface area (TPSA) is 89.0 Å². The molecule has 1 amide bonds. The van der Waals surface area contributed by atoms with E-state index >= 15 is 0 Å². The molecule has 152 valence electrons.